The third-order valence-corrected chi connectivity index (χ3v) is 3.11. The molecule has 0 radical (unpaired) electrons. The molecule has 0 aliphatic rings. The molecule has 0 fully saturated rings. The van der Waals surface area contributed by atoms with Crippen molar-refractivity contribution in [2.45, 2.75) is 26.0 Å². The molecular weight excluding hydrogens is 264 g/mol. The molecule has 0 saturated carbocycles. The fourth-order valence-corrected chi connectivity index (χ4v) is 1.99. The molecule has 0 amide bonds. The number of imidazole rings is 1. The number of ether oxygens (including phenoxy) is 1. The average Bonchev–Trinajstić information content (AvgIpc) is 2.89. The normalized spacial score (nSPS) is 12.4. The maximum absolute atomic E-state index is 9.45. The van der Waals surface area contributed by atoms with E-state index < -0.39 is 6.10 Å². The summed E-state index contributed by atoms with van der Waals surface area (Å²) in [4.78, 5) is 3.98. The molecule has 1 aromatic carbocycles. The minimum atomic E-state index is -0.521. The lowest BCUT2D eigenvalue weighted by Crippen LogP contribution is -2.03. The third kappa shape index (κ3) is 3.98. The summed E-state index contributed by atoms with van der Waals surface area (Å²) in [7, 11) is 0. The summed E-state index contributed by atoms with van der Waals surface area (Å²) in [5.41, 5.74) is 0.788. The Bertz CT molecular complexity index is 512. The lowest BCUT2D eigenvalue weighted by molar-refractivity contribution is 0.199. The highest BCUT2D eigenvalue weighted by molar-refractivity contribution is 6.32. The number of halogens is 1. The van der Waals surface area contributed by atoms with Crippen molar-refractivity contribution >= 4 is 11.6 Å². The van der Waals surface area contributed by atoms with Crippen molar-refractivity contribution in [3.63, 3.8) is 0 Å². The Morgan fingerprint density at radius 3 is 2.95 bits per heavy atom. The molecule has 102 valence electrons. The third-order valence-electron chi connectivity index (χ3n) is 2.82. The lowest BCUT2D eigenvalue weighted by Gasteiger charge is -2.11. The number of aliphatic hydroxyl groups excluding tert-OH is 1. The van der Waals surface area contributed by atoms with Gasteiger partial charge in [-0.25, -0.2) is 4.98 Å². The highest BCUT2D eigenvalue weighted by Gasteiger charge is 2.06. The molecule has 19 heavy (non-hydrogen) atoms. The second-order valence-corrected chi connectivity index (χ2v) is 4.78. The summed E-state index contributed by atoms with van der Waals surface area (Å²) in [6, 6.07) is 5.35. The first kappa shape index (κ1) is 13.9. The van der Waals surface area contributed by atoms with Crippen molar-refractivity contribution in [1.29, 1.82) is 0 Å². The van der Waals surface area contributed by atoms with E-state index in [1.165, 1.54) is 0 Å². The van der Waals surface area contributed by atoms with Crippen LogP contribution in [0.2, 0.25) is 5.02 Å². The fraction of sp³-hybridized carbons (Fsp3) is 0.357. The molecule has 2 rings (SSSR count). The van der Waals surface area contributed by atoms with Gasteiger partial charge in [0, 0.05) is 18.9 Å². The molecule has 0 bridgehead atoms. The van der Waals surface area contributed by atoms with Crippen LogP contribution in [0, 0.1) is 0 Å². The van der Waals surface area contributed by atoms with Gasteiger partial charge in [-0.1, -0.05) is 17.7 Å². The number of rotatable bonds is 6. The molecule has 5 heteroatoms. The number of hydrogen-bond acceptors (Lipinski definition) is 3. The zero-order valence-corrected chi connectivity index (χ0v) is 11.5. The standard InChI is InChI=1S/C14H17ClN2O2/c1-11(18)12-3-4-14(13(15)9-12)19-8-2-6-17-7-5-16-10-17/h3-5,7,9-11,18H,2,6,8H2,1H3. The van der Waals surface area contributed by atoms with Crippen LogP contribution < -0.4 is 4.74 Å². The number of aliphatic hydroxyl groups is 1. The molecule has 0 spiro atoms. The largest absolute Gasteiger partial charge is 0.492 e. The zero-order chi connectivity index (χ0) is 13.7. The molecule has 0 aliphatic heterocycles. The molecular formula is C14H17ClN2O2. The average molecular weight is 281 g/mol. The lowest BCUT2D eigenvalue weighted by atomic mass is 10.1. The predicted molar refractivity (Wildman–Crippen MR) is 74.4 cm³/mol. The van der Waals surface area contributed by atoms with E-state index in [2.05, 4.69) is 4.98 Å². The van der Waals surface area contributed by atoms with Crippen LogP contribution in [0.4, 0.5) is 0 Å². The van der Waals surface area contributed by atoms with Gasteiger partial charge in [0.15, 0.2) is 0 Å². The molecule has 2 aromatic rings. The monoisotopic (exact) mass is 280 g/mol. The minimum Gasteiger partial charge on any atom is -0.492 e. The van der Waals surface area contributed by atoms with Crippen molar-refractivity contribution in [3.8, 4) is 5.75 Å². The van der Waals surface area contributed by atoms with E-state index >= 15 is 0 Å². The second-order valence-electron chi connectivity index (χ2n) is 4.37. The van der Waals surface area contributed by atoms with E-state index in [-0.39, 0.29) is 0 Å². The summed E-state index contributed by atoms with van der Waals surface area (Å²) in [5.74, 6) is 0.650. The van der Waals surface area contributed by atoms with Gasteiger partial charge in [0.25, 0.3) is 0 Å². The van der Waals surface area contributed by atoms with Gasteiger partial charge in [-0.2, -0.15) is 0 Å². The maximum Gasteiger partial charge on any atom is 0.137 e. The molecule has 1 N–H and O–H groups in total. The molecule has 1 atom stereocenters. The molecule has 0 aliphatic carbocycles. The van der Waals surface area contributed by atoms with Crippen LogP contribution in [-0.2, 0) is 6.54 Å². The maximum atomic E-state index is 9.45. The highest BCUT2D eigenvalue weighted by Crippen LogP contribution is 2.27. The van der Waals surface area contributed by atoms with Crippen LogP contribution in [-0.4, -0.2) is 21.3 Å². The number of benzene rings is 1. The smallest absolute Gasteiger partial charge is 0.137 e. The van der Waals surface area contributed by atoms with Crippen molar-refractivity contribution in [2.24, 2.45) is 0 Å². The van der Waals surface area contributed by atoms with Gasteiger partial charge in [-0.15, -0.1) is 0 Å². The van der Waals surface area contributed by atoms with E-state index in [0.29, 0.717) is 17.4 Å². The van der Waals surface area contributed by atoms with Crippen LogP contribution in [0.25, 0.3) is 0 Å². The fourth-order valence-electron chi connectivity index (χ4n) is 1.74. The van der Waals surface area contributed by atoms with Crippen molar-refractivity contribution in [2.75, 3.05) is 6.61 Å². The summed E-state index contributed by atoms with van der Waals surface area (Å²) in [6.07, 6.45) is 5.82. The Balaban J connectivity index is 1.82. The van der Waals surface area contributed by atoms with Crippen LogP contribution in [0.5, 0.6) is 5.75 Å². The molecule has 1 unspecified atom stereocenters. The first-order chi connectivity index (χ1) is 9.16. The number of aryl methyl sites for hydroxylation is 1. The van der Waals surface area contributed by atoms with Crippen molar-refractivity contribution in [1.82, 2.24) is 9.55 Å². The highest BCUT2D eigenvalue weighted by atomic mass is 35.5. The van der Waals surface area contributed by atoms with Gasteiger partial charge in [-0.3, -0.25) is 0 Å². The van der Waals surface area contributed by atoms with E-state index in [4.69, 9.17) is 16.3 Å². The Labute approximate surface area is 117 Å². The first-order valence-electron chi connectivity index (χ1n) is 6.23. The van der Waals surface area contributed by atoms with Gasteiger partial charge in [0.05, 0.1) is 24.1 Å². The topological polar surface area (TPSA) is 47.3 Å². The molecule has 1 aromatic heterocycles. The Hall–Kier alpha value is -1.52. The van der Waals surface area contributed by atoms with Gasteiger partial charge in [0.1, 0.15) is 5.75 Å². The zero-order valence-electron chi connectivity index (χ0n) is 10.8. The van der Waals surface area contributed by atoms with Crippen LogP contribution >= 0.6 is 11.6 Å². The Morgan fingerprint density at radius 2 is 2.32 bits per heavy atom. The van der Waals surface area contributed by atoms with E-state index in [1.54, 1.807) is 31.6 Å². The Morgan fingerprint density at radius 1 is 1.47 bits per heavy atom. The minimum absolute atomic E-state index is 0.521. The number of hydrogen-bond donors (Lipinski definition) is 1. The van der Waals surface area contributed by atoms with Gasteiger partial charge < -0.3 is 14.4 Å². The van der Waals surface area contributed by atoms with Crippen molar-refractivity contribution < 1.29 is 9.84 Å². The summed E-state index contributed by atoms with van der Waals surface area (Å²) in [5, 5.41) is 9.98. The number of nitrogens with zero attached hydrogens (tertiary/aromatic N) is 2. The first-order valence-corrected chi connectivity index (χ1v) is 6.60. The van der Waals surface area contributed by atoms with Crippen LogP contribution in [0.15, 0.2) is 36.9 Å². The van der Waals surface area contributed by atoms with E-state index in [9.17, 15) is 5.11 Å². The SMILES string of the molecule is CC(O)c1ccc(OCCCn2ccnc2)c(Cl)c1. The Kier molecular flexibility index (Phi) is 4.82. The van der Waals surface area contributed by atoms with Gasteiger partial charge in [0.2, 0.25) is 0 Å². The van der Waals surface area contributed by atoms with Gasteiger partial charge >= 0.3 is 0 Å². The second kappa shape index (κ2) is 6.59. The van der Waals surface area contributed by atoms with Crippen molar-refractivity contribution in [3.05, 3.63) is 47.5 Å². The molecule has 4 nitrogen and oxygen atoms in total. The van der Waals surface area contributed by atoms with Crippen LogP contribution in [0.1, 0.15) is 25.0 Å². The molecule has 1 heterocycles. The summed E-state index contributed by atoms with van der Waals surface area (Å²) in [6.45, 7) is 3.16. The predicted octanol–water partition coefficient (Wildman–Crippen LogP) is 3.06. The number of aromatic nitrogens is 2. The quantitative estimate of drug-likeness (QED) is 0.827. The van der Waals surface area contributed by atoms with E-state index in [1.807, 2.05) is 16.8 Å². The molecule has 0 saturated heterocycles. The summed E-state index contributed by atoms with van der Waals surface area (Å²) >= 11 is 6.10. The van der Waals surface area contributed by atoms with Gasteiger partial charge in [-0.05, 0) is 31.0 Å². The van der Waals surface area contributed by atoms with Crippen LogP contribution in [0.3, 0.4) is 0 Å². The summed E-state index contributed by atoms with van der Waals surface area (Å²) < 4.78 is 7.62. The van der Waals surface area contributed by atoms with E-state index in [0.717, 1.165) is 18.5 Å².